The number of aromatic nitrogens is 2. The van der Waals surface area contributed by atoms with Gasteiger partial charge in [0.1, 0.15) is 11.4 Å². The Morgan fingerprint density at radius 2 is 2.19 bits per heavy atom. The molecule has 0 unspecified atom stereocenters. The molecule has 114 valence electrons. The molecule has 2 saturated carbocycles. The minimum Gasteiger partial charge on any atom is -0.339 e. The first kappa shape index (κ1) is 14.3. The quantitative estimate of drug-likeness (QED) is 0.803. The molecule has 1 amide bonds. The molecule has 0 spiro atoms. The zero-order chi connectivity index (χ0) is 15.4. The van der Waals surface area contributed by atoms with Crippen molar-refractivity contribution >= 4 is 5.91 Å². The number of rotatable bonds is 3. The van der Waals surface area contributed by atoms with E-state index in [1.54, 1.807) is 4.90 Å². The van der Waals surface area contributed by atoms with E-state index in [1.807, 2.05) is 14.0 Å². The van der Waals surface area contributed by atoms with Crippen LogP contribution < -0.4 is 0 Å². The molecule has 0 N–H and O–H groups in total. The van der Waals surface area contributed by atoms with Gasteiger partial charge < -0.3 is 4.90 Å². The topological polar surface area (TPSA) is 59.2 Å². The van der Waals surface area contributed by atoms with Crippen LogP contribution >= 0.6 is 0 Å². The maximum atomic E-state index is 13.0. The highest BCUT2D eigenvalue weighted by Crippen LogP contribution is 2.65. The van der Waals surface area contributed by atoms with E-state index in [4.69, 9.17) is 4.63 Å². The summed E-state index contributed by atoms with van der Waals surface area (Å²) in [6.07, 6.45) is 2.99. The van der Waals surface area contributed by atoms with Crippen molar-refractivity contribution in [3.63, 3.8) is 0 Å². The summed E-state index contributed by atoms with van der Waals surface area (Å²) >= 11 is 0. The fraction of sp³-hybridized carbons (Fsp3) is 0.688. The molecule has 5 nitrogen and oxygen atoms in total. The van der Waals surface area contributed by atoms with Crippen LogP contribution in [0.5, 0.6) is 0 Å². The van der Waals surface area contributed by atoms with Crippen LogP contribution in [0.25, 0.3) is 0 Å². The van der Waals surface area contributed by atoms with E-state index in [-0.39, 0.29) is 16.7 Å². The molecule has 21 heavy (non-hydrogen) atoms. The van der Waals surface area contributed by atoms with Crippen LogP contribution in [0.2, 0.25) is 0 Å². The van der Waals surface area contributed by atoms with Crippen molar-refractivity contribution in [1.29, 1.82) is 0 Å². The van der Waals surface area contributed by atoms with Gasteiger partial charge in [-0.05, 0) is 37.5 Å². The van der Waals surface area contributed by atoms with E-state index in [0.29, 0.717) is 12.5 Å². The lowest BCUT2D eigenvalue weighted by Gasteiger charge is -2.38. The maximum absolute atomic E-state index is 13.0. The van der Waals surface area contributed by atoms with Gasteiger partial charge in [0.15, 0.2) is 0 Å². The van der Waals surface area contributed by atoms with E-state index in [1.165, 1.54) is 0 Å². The largest absolute Gasteiger partial charge is 0.339 e. The van der Waals surface area contributed by atoms with Gasteiger partial charge in [0.25, 0.3) is 0 Å². The Balaban J connectivity index is 1.82. The summed E-state index contributed by atoms with van der Waals surface area (Å²) in [5, 5.41) is 7.64. The molecule has 2 aliphatic rings. The van der Waals surface area contributed by atoms with Crippen LogP contribution in [-0.2, 0) is 11.3 Å². The lowest BCUT2D eigenvalue weighted by molar-refractivity contribution is -0.139. The van der Waals surface area contributed by atoms with Gasteiger partial charge in [-0.15, -0.1) is 0 Å². The van der Waals surface area contributed by atoms with Crippen molar-refractivity contribution in [2.45, 2.75) is 46.6 Å². The average Bonchev–Trinajstić information content (AvgIpc) is 3.08. The van der Waals surface area contributed by atoms with Gasteiger partial charge in [-0.3, -0.25) is 4.79 Å². The predicted octanol–water partition coefficient (Wildman–Crippen LogP) is 2.72. The van der Waals surface area contributed by atoms with E-state index < -0.39 is 0 Å². The fourth-order valence-electron chi connectivity index (χ4n) is 4.18. The Kier molecular flexibility index (Phi) is 3.01. The standard InChI is InChI=1S/C16H23N3O2/c1-10-13(18-21-17-10)9-19(5)14(20)16-7-6-12(8-16)15(3,4)11(16)2/h12H,2,6-9H2,1,3-5H3/t12-,16+/m1/s1. The average molecular weight is 289 g/mol. The molecule has 2 atom stereocenters. The summed E-state index contributed by atoms with van der Waals surface area (Å²) in [6, 6.07) is 0. The van der Waals surface area contributed by atoms with E-state index >= 15 is 0 Å². The second-order valence-electron chi connectivity index (χ2n) is 7.18. The number of nitrogens with zero attached hydrogens (tertiary/aromatic N) is 3. The first-order valence-corrected chi connectivity index (χ1v) is 7.52. The number of aryl methyl sites for hydroxylation is 1. The third-order valence-electron chi connectivity index (χ3n) is 5.78. The summed E-state index contributed by atoms with van der Waals surface area (Å²) in [5.74, 6) is 0.751. The van der Waals surface area contributed by atoms with Crippen molar-refractivity contribution in [3.8, 4) is 0 Å². The molecular weight excluding hydrogens is 266 g/mol. The van der Waals surface area contributed by atoms with Crippen molar-refractivity contribution in [2.24, 2.45) is 16.7 Å². The van der Waals surface area contributed by atoms with Gasteiger partial charge in [0, 0.05) is 7.05 Å². The number of carbonyl (C=O) groups excluding carboxylic acids is 1. The highest BCUT2D eigenvalue weighted by atomic mass is 16.6. The molecule has 1 heterocycles. The number of hydrogen-bond acceptors (Lipinski definition) is 4. The van der Waals surface area contributed by atoms with Crippen molar-refractivity contribution in [2.75, 3.05) is 7.05 Å². The van der Waals surface area contributed by atoms with E-state index in [9.17, 15) is 4.79 Å². The van der Waals surface area contributed by atoms with Crippen LogP contribution in [-0.4, -0.2) is 28.2 Å². The molecule has 0 aliphatic heterocycles. The molecule has 2 fully saturated rings. The monoisotopic (exact) mass is 289 g/mol. The summed E-state index contributed by atoms with van der Waals surface area (Å²) in [5.41, 5.74) is 2.27. The molecular formula is C16H23N3O2. The highest BCUT2D eigenvalue weighted by molar-refractivity contribution is 5.87. The third kappa shape index (κ3) is 1.86. The van der Waals surface area contributed by atoms with Gasteiger partial charge in [-0.2, -0.15) is 0 Å². The van der Waals surface area contributed by atoms with E-state index in [2.05, 4.69) is 30.7 Å². The normalized spacial score (nSPS) is 29.9. The number of carbonyl (C=O) groups is 1. The first-order chi connectivity index (χ1) is 9.79. The minimum absolute atomic E-state index is 0.0696. The van der Waals surface area contributed by atoms with Crippen LogP contribution in [0.1, 0.15) is 44.5 Å². The third-order valence-corrected chi connectivity index (χ3v) is 5.78. The lowest BCUT2D eigenvalue weighted by Crippen LogP contribution is -2.42. The number of fused-ring (bicyclic) bond motifs is 2. The summed E-state index contributed by atoms with van der Waals surface area (Å²) in [6.45, 7) is 11.0. The second-order valence-corrected chi connectivity index (χ2v) is 7.18. The molecule has 0 saturated heterocycles. The Morgan fingerprint density at radius 1 is 1.48 bits per heavy atom. The van der Waals surface area contributed by atoms with Gasteiger partial charge in [-0.25, -0.2) is 4.63 Å². The zero-order valence-electron chi connectivity index (χ0n) is 13.3. The molecule has 1 aromatic rings. The summed E-state index contributed by atoms with van der Waals surface area (Å²) < 4.78 is 4.71. The lowest BCUT2D eigenvalue weighted by atomic mass is 9.68. The molecule has 0 aromatic carbocycles. The Labute approximate surface area is 125 Å². The second kappa shape index (κ2) is 4.42. The molecule has 2 bridgehead atoms. The van der Waals surface area contributed by atoms with Gasteiger partial charge in [0.05, 0.1) is 12.0 Å². The molecule has 1 aromatic heterocycles. The fourth-order valence-corrected chi connectivity index (χ4v) is 4.18. The van der Waals surface area contributed by atoms with Gasteiger partial charge in [-0.1, -0.05) is 36.3 Å². The number of hydrogen-bond donors (Lipinski definition) is 0. The maximum Gasteiger partial charge on any atom is 0.233 e. The van der Waals surface area contributed by atoms with E-state index in [0.717, 1.165) is 36.2 Å². The van der Waals surface area contributed by atoms with Crippen molar-refractivity contribution < 1.29 is 9.42 Å². The molecule has 0 radical (unpaired) electrons. The van der Waals surface area contributed by atoms with Gasteiger partial charge >= 0.3 is 0 Å². The Bertz CT molecular complexity index is 604. The van der Waals surface area contributed by atoms with Crippen LogP contribution in [0.15, 0.2) is 16.8 Å². The SMILES string of the molecule is C=C1C(C)(C)[C@@H]2CC[C@]1(C(=O)N(C)Cc1nonc1C)C2. The zero-order valence-corrected chi connectivity index (χ0v) is 13.3. The highest BCUT2D eigenvalue weighted by Gasteiger charge is 2.61. The first-order valence-electron chi connectivity index (χ1n) is 7.52. The minimum atomic E-state index is -0.367. The number of amides is 1. The van der Waals surface area contributed by atoms with Crippen LogP contribution in [0.4, 0.5) is 0 Å². The Morgan fingerprint density at radius 3 is 2.71 bits per heavy atom. The van der Waals surface area contributed by atoms with Crippen LogP contribution in [0, 0.1) is 23.7 Å². The summed E-state index contributed by atoms with van der Waals surface area (Å²) in [4.78, 5) is 14.8. The van der Waals surface area contributed by atoms with Crippen molar-refractivity contribution in [1.82, 2.24) is 15.2 Å². The summed E-state index contributed by atoms with van der Waals surface area (Å²) in [7, 11) is 1.83. The molecule has 2 aliphatic carbocycles. The smallest absolute Gasteiger partial charge is 0.233 e. The predicted molar refractivity (Wildman–Crippen MR) is 78.2 cm³/mol. The van der Waals surface area contributed by atoms with Crippen molar-refractivity contribution in [3.05, 3.63) is 23.5 Å². The molecule has 5 heteroatoms. The van der Waals surface area contributed by atoms with Gasteiger partial charge in [0.2, 0.25) is 5.91 Å². The Hall–Kier alpha value is -1.65. The van der Waals surface area contributed by atoms with Crippen LogP contribution in [0.3, 0.4) is 0 Å². The molecule has 3 rings (SSSR count).